The molecule has 0 bridgehead atoms. The lowest BCUT2D eigenvalue weighted by Gasteiger charge is -2.09. The zero-order chi connectivity index (χ0) is 16.1. The summed E-state index contributed by atoms with van der Waals surface area (Å²) in [6.07, 6.45) is 5.61. The van der Waals surface area contributed by atoms with Gasteiger partial charge in [-0.15, -0.1) is 0 Å². The first-order valence-corrected chi connectivity index (χ1v) is 8.07. The van der Waals surface area contributed by atoms with Crippen LogP contribution in [-0.2, 0) is 6.54 Å². The van der Waals surface area contributed by atoms with Crippen molar-refractivity contribution in [2.75, 3.05) is 32.1 Å². The zero-order valence-corrected chi connectivity index (χ0v) is 14.1. The molecule has 22 heavy (non-hydrogen) atoms. The topological polar surface area (TPSA) is 72.9 Å². The predicted molar refractivity (Wildman–Crippen MR) is 93.0 cm³/mol. The van der Waals surface area contributed by atoms with E-state index >= 15 is 0 Å². The Kier molecular flexibility index (Phi) is 5.57. The molecule has 0 unspecified atom stereocenters. The molecule has 6 nitrogen and oxygen atoms in total. The fourth-order valence-corrected chi connectivity index (χ4v) is 2.87. The molecule has 2 heterocycles. The van der Waals surface area contributed by atoms with Crippen molar-refractivity contribution in [3.8, 4) is 0 Å². The molecule has 0 aromatic carbocycles. The van der Waals surface area contributed by atoms with E-state index in [9.17, 15) is 0 Å². The molecule has 0 aliphatic carbocycles. The number of nitrogens with zero attached hydrogens (tertiary/aromatic N) is 5. The van der Waals surface area contributed by atoms with Crippen molar-refractivity contribution in [2.24, 2.45) is 0 Å². The lowest BCUT2D eigenvalue weighted by molar-refractivity contribution is 0.437. The van der Waals surface area contributed by atoms with E-state index < -0.39 is 0 Å². The van der Waals surface area contributed by atoms with Gasteiger partial charge >= 0.3 is 0 Å². The van der Waals surface area contributed by atoms with Gasteiger partial charge < -0.3 is 15.2 Å². The second-order valence-electron chi connectivity index (χ2n) is 5.16. The first-order valence-electron chi connectivity index (χ1n) is 7.08. The van der Waals surface area contributed by atoms with Crippen LogP contribution in [0.25, 0.3) is 11.2 Å². The van der Waals surface area contributed by atoms with E-state index in [0.717, 1.165) is 23.5 Å². The van der Waals surface area contributed by atoms with Crippen molar-refractivity contribution >= 4 is 28.7 Å². The summed E-state index contributed by atoms with van der Waals surface area (Å²) in [7, 11) is 4.09. The zero-order valence-electron chi connectivity index (χ0n) is 13.3. The van der Waals surface area contributed by atoms with Crippen LogP contribution in [0.1, 0.15) is 6.92 Å². The SMILES string of the molecule is C=C/C(=C\C)Cn1cnc2c(N)nc(SCCN(C)C)nc21. The Labute approximate surface area is 135 Å². The van der Waals surface area contributed by atoms with E-state index in [2.05, 4.69) is 26.4 Å². The minimum Gasteiger partial charge on any atom is -0.382 e. The average Bonchev–Trinajstić information content (AvgIpc) is 2.88. The molecule has 2 rings (SSSR count). The Hall–Kier alpha value is -1.86. The molecule has 0 amide bonds. The normalized spacial score (nSPS) is 12.3. The third kappa shape index (κ3) is 3.86. The first kappa shape index (κ1) is 16.5. The number of imidazole rings is 1. The van der Waals surface area contributed by atoms with Gasteiger partial charge in [-0.25, -0.2) is 15.0 Å². The second kappa shape index (κ2) is 7.42. The molecule has 0 atom stereocenters. The lowest BCUT2D eigenvalue weighted by Crippen LogP contribution is -2.15. The van der Waals surface area contributed by atoms with Gasteiger partial charge in [-0.3, -0.25) is 0 Å². The molecule has 7 heteroatoms. The summed E-state index contributed by atoms with van der Waals surface area (Å²) in [5.41, 5.74) is 8.54. The molecular formula is C15H22N6S. The highest BCUT2D eigenvalue weighted by molar-refractivity contribution is 7.99. The average molecular weight is 318 g/mol. The molecule has 0 aliphatic rings. The second-order valence-corrected chi connectivity index (χ2v) is 6.22. The van der Waals surface area contributed by atoms with Gasteiger partial charge in [-0.1, -0.05) is 30.5 Å². The van der Waals surface area contributed by atoms with Crippen LogP contribution in [0.3, 0.4) is 0 Å². The Morgan fingerprint density at radius 2 is 2.23 bits per heavy atom. The molecule has 118 valence electrons. The number of fused-ring (bicyclic) bond motifs is 1. The highest BCUT2D eigenvalue weighted by Gasteiger charge is 2.12. The maximum absolute atomic E-state index is 6.01. The number of hydrogen-bond acceptors (Lipinski definition) is 6. The summed E-state index contributed by atoms with van der Waals surface area (Å²) in [6, 6.07) is 0. The third-order valence-electron chi connectivity index (χ3n) is 3.23. The van der Waals surface area contributed by atoms with E-state index in [-0.39, 0.29) is 0 Å². The van der Waals surface area contributed by atoms with Gasteiger partial charge in [0.1, 0.15) is 5.52 Å². The minimum absolute atomic E-state index is 0.428. The Morgan fingerprint density at radius 3 is 2.86 bits per heavy atom. The predicted octanol–water partition coefficient (Wildman–Crippen LogP) is 2.19. The number of hydrogen-bond donors (Lipinski definition) is 1. The summed E-state index contributed by atoms with van der Waals surface area (Å²) < 4.78 is 1.97. The van der Waals surface area contributed by atoms with Crippen molar-refractivity contribution in [3.05, 3.63) is 30.6 Å². The van der Waals surface area contributed by atoms with Gasteiger partial charge in [0.15, 0.2) is 16.6 Å². The van der Waals surface area contributed by atoms with Gasteiger partial charge in [0, 0.05) is 12.3 Å². The van der Waals surface area contributed by atoms with Crippen LogP contribution in [0.2, 0.25) is 0 Å². The summed E-state index contributed by atoms with van der Waals surface area (Å²) >= 11 is 1.60. The molecule has 0 fully saturated rings. The molecule has 2 aromatic heterocycles. The minimum atomic E-state index is 0.428. The molecule has 2 N–H and O–H groups in total. The van der Waals surface area contributed by atoms with E-state index in [0.29, 0.717) is 23.0 Å². The molecule has 0 saturated carbocycles. The number of allylic oxidation sites excluding steroid dienone is 3. The van der Waals surface area contributed by atoms with Crippen molar-refractivity contribution in [1.82, 2.24) is 24.4 Å². The van der Waals surface area contributed by atoms with Crippen LogP contribution in [0.5, 0.6) is 0 Å². The number of anilines is 1. The number of nitrogens with two attached hydrogens (primary N) is 1. The maximum atomic E-state index is 6.01. The number of nitrogen functional groups attached to an aromatic ring is 1. The summed E-state index contributed by atoms with van der Waals surface area (Å²) in [4.78, 5) is 15.4. The van der Waals surface area contributed by atoms with Gasteiger partial charge in [0.2, 0.25) is 0 Å². The van der Waals surface area contributed by atoms with E-state index in [1.807, 2.05) is 37.7 Å². The van der Waals surface area contributed by atoms with Gasteiger partial charge in [-0.2, -0.15) is 0 Å². The highest BCUT2D eigenvalue weighted by Crippen LogP contribution is 2.22. The van der Waals surface area contributed by atoms with Crippen LogP contribution >= 0.6 is 11.8 Å². The summed E-state index contributed by atoms with van der Waals surface area (Å²) in [6.45, 7) is 7.44. The Balaban J connectivity index is 2.28. The number of rotatable bonds is 7. The Morgan fingerprint density at radius 1 is 1.45 bits per heavy atom. The fraction of sp³-hybridized carbons (Fsp3) is 0.400. The van der Waals surface area contributed by atoms with E-state index in [1.165, 1.54) is 0 Å². The van der Waals surface area contributed by atoms with Crippen LogP contribution < -0.4 is 5.73 Å². The van der Waals surface area contributed by atoms with Crippen molar-refractivity contribution in [1.29, 1.82) is 0 Å². The van der Waals surface area contributed by atoms with Crippen LogP contribution in [0.4, 0.5) is 5.82 Å². The smallest absolute Gasteiger partial charge is 0.191 e. The highest BCUT2D eigenvalue weighted by atomic mass is 32.2. The number of aromatic nitrogens is 4. The first-order chi connectivity index (χ1) is 10.5. The van der Waals surface area contributed by atoms with Crippen LogP contribution in [0, 0.1) is 0 Å². The lowest BCUT2D eigenvalue weighted by atomic mass is 10.2. The molecule has 0 radical (unpaired) electrons. The number of thioether (sulfide) groups is 1. The summed E-state index contributed by atoms with van der Waals surface area (Å²) in [5, 5.41) is 0.689. The van der Waals surface area contributed by atoms with Crippen molar-refractivity contribution in [2.45, 2.75) is 18.6 Å². The van der Waals surface area contributed by atoms with E-state index in [4.69, 9.17) is 5.73 Å². The fourth-order valence-electron chi connectivity index (χ4n) is 1.92. The summed E-state index contributed by atoms with van der Waals surface area (Å²) in [5.74, 6) is 1.34. The van der Waals surface area contributed by atoms with Gasteiger partial charge in [0.05, 0.1) is 12.9 Å². The Bertz CT molecular complexity index is 689. The van der Waals surface area contributed by atoms with Gasteiger partial charge in [-0.05, 0) is 26.6 Å². The van der Waals surface area contributed by atoms with Crippen molar-refractivity contribution < 1.29 is 0 Å². The molecular weight excluding hydrogens is 296 g/mol. The van der Waals surface area contributed by atoms with Gasteiger partial charge in [0.25, 0.3) is 0 Å². The largest absolute Gasteiger partial charge is 0.382 e. The molecule has 2 aromatic rings. The monoisotopic (exact) mass is 318 g/mol. The van der Waals surface area contributed by atoms with Crippen molar-refractivity contribution in [3.63, 3.8) is 0 Å². The standard InChI is InChI=1S/C15H22N6S/c1-5-11(6-2)9-21-10-17-12-13(16)18-15(19-14(12)21)22-8-7-20(3)4/h5-6,10H,1,7-9H2,2-4H3,(H2,16,18,19)/b11-6+. The quantitative estimate of drug-likeness (QED) is 0.479. The maximum Gasteiger partial charge on any atom is 0.191 e. The third-order valence-corrected chi connectivity index (χ3v) is 4.05. The van der Waals surface area contributed by atoms with Crippen LogP contribution in [0.15, 0.2) is 35.8 Å². The molecule has 0 aliphatic heterocycles. The molecule has 0 spiro atoms. The van der Waals surface area contributed by atoms with Crippen LogP contribution in [-0.4, -0.2) is 50.8 Å². The molecule has 0 saturated heterocycles. The van der Waals surface area contributed by atoms with E-state index in [1.54, 1.807) is 18.1 Å².